The average molecular weight is 310 g/mol. The van der Waals surface area contributed by atoms with Crippen LogP contribution in [0.1, 0.15) is 57.3 Å². The van der Waals surface area contributed by atoms with Gasteiger partial charge in [0.2, 0.25) is 0 Å². The lowest BCUT2D eigenvalue weighted by Gasteiger charge is -2.13. The molecular weight excluding hydrogens is 284 g/mol. The van der Waals surface area contributed by atoms with Crippen LogP contribution in [0.15, 0.2) is 18.2 Å². The number of carbonyl (C=O) groups excluding carboxylic acids is 1. The SMILES string of the molecule is Cc1cc(C)c(NCC(=O)c2cc(C)n(C3CC3)c2C)c(C)c1. The van der Waals surface area contributed by atoms with Gasteiger partial charge >= 0.3 is 0 Å². The Labute approximate surface area is 138 Å². The van der Waals surface area contributed by atoms with E-state index < -0.39 is 0 Å². The van der Waals surface area contributed by atoms with Gasteiger partial charge in [-0.3, -0.25) is 4.79 Å². The lowest BCUT2D eigenvalue weighted by molar-refractivity contribution is 0.101. The third-order valence-electron chi connectivity index (χ3n) is 4.80. The third-order valence-corrected chi connectivity index (χ3v) is 4.80. The first-order valence-electron chi connectivity index (χ1n) is 8.42. The van der Waals surface area contributed by atoms with E-state index in [0.29, 0.717) is 12.6 Å². The van der Waals surface area contributed by atoms with Gasteiger partial charge in [0.1, 0.15) is 0 Å². The molecule has 0 amide bonds. The zero-order chi connectivity index (χ0) is 16.7. The highest BCUT2D eigenvalue weighted by atomic mass is 16.1. The molecule has 1 saturated carbocycles. The van der Waals surface area contributed by atoms with Gasteiger partial charge in [0.05, 0.1) is 6.54 Å². The summed E-state index contributed by atoms with van der Waals surface area (Å²) in [6.07, 6.45) is 2.48. The highest BCUT2D eigenvalue weighted by Gasteiger charge is 2.28. The van der Waals surface area contributed by atoms with Crippen LogP contribution in [0.3, 0.4) is 0 Å². The predicted molar refractivity (Wildman–Crippen MR) is 95.7 cm³/mol. The van der Waals surface area contributed by atoms with E-state index in [0.717, 1.165) is 16.9 Å². The number of nitrogens with one attached hydrogen (secondary N) is 1. The zero-order valence-electron chi connectivity index (χ0n) is 14.8. The molecule has 1 fully saturated rings. The van der Waals surface area contributed by atoms with Gasteiger partial charge in [0, 0.05) is 28.7 Å². The molecule has 23 heavy (non-hydrogen) atoms. The first kappa shape index (κ1) is 15.9. The second-order valence-corrected chi connectivity index (χ2v) is 6.94. The van der Waals surface area contributed by atoms with Gasteiger partial charge in [0.15, 0.2) is 5.78 Å². The summed E-state index contributed by atoms with van der Waals surface area (Å²) in [4.78, 5) is 12.7. The molecule has 3 rings (SSSR count). The number of aryl methyl sites for hydroxylation is 4. The molecule has 0 bridgehead atoms. The summed E-state index contributed by atoms with van der Waals surface area (Å²) >= 11 is 0. The monoisotopic (exact) mass is 310 g/mol. The van der Waals surface area contributed by atoms with Crippen molar-refractivity contribution in [1.82, 2.24) is 4.57 Å². The minimum atomic E-state index is 0.171. The summed E-state index contributed by atoms with van der Waals surface area (Å²) in [5.41, 5.74) is 7.91. The fourth-order valence-corrected chi connectivity index (χ4v) is 3.68. The van der Waals surface area contributed by atoms with Gasteiger partial charge in [0.25, 0.3) is 0 Å². The van der Waals surface area contributed by atoms with E-state index in [9.17, 15) is 4.79 Å². The molecule has 0 spiro atoms. The van der Waals surface area contributed by atoms with Crippen molar-refractivity contribution in [1.29, 1.82) is 0 Å². The van der Waals surface area contributed by atoms with E-state index >= 15 is 0 Å². The summed E-state index contributed by atoms with van der Waals surface area (Å²) in [6, 6.07) is 6.97. The highest BCUT2D eigenvalue weighted by molar-refractivity contribution is 6.00. The number of hydrogen-bond donors (Lipinski definition) is 1. The summed E-state index contributed by atoms with van der Waals surface area (Å²) in [6.45, 7) is 10.8. The van der Waals surface area contributed by atoms with Crippen molar-refractivity contribution in [2.45, 2.75) is 53.5 Å². The first-order valence-corrected chi connectivity index (χ1v) is 8.42. The number of ketones is 1. The molecular formula is C20H26N2O. The number of benzene rings is 1. The molecule has 1 heterocycles. The molecule has 0 atom stereocenters. The summed E-state index contributed by atoms with van der Waals surface area (Å²) in [5, 5.41) is 3.35. The Bertz CT molecular complexity index is 743. The lowest BCUT2D eigenvalue weighted by Crippen LogP contribution is -2.16. The Morgan fingerprint density at radius 2 is 1.70 bits per heavy atom. The molecule has 2 aromatic rings. The largest absolute Gasteiger partial charge is 0.377 e. The molecule has 3 nitrogen and oxygen atoms in total. The molecule has 1 N–H and O–H groups in total. The Hall–Kier alpha value is -2.03. The number of hydrogen-bond acceptors (Lipinski definition) is 2. The third kappa shape index (κ3) is 3.05. The quantitative estimate of drug-likeness (QED) is 0.815. The summed E-state index contributed by atoms with van der Waals surface area (Å²) < 4.78 is 2.33. The Morgan fingerprint density at radius 3 is 2.26 bits per heavy atom. The Balaban J connectivity index is 1.77. The second-order valence-electron chi connectivity index (χ2n) is 6.94. The normalized spacial score (nSPS) is 14.1. The van der Waals surface area contributed by atoms with Gasteiger partial charge in [-0.25, -0.2) is 0 Å². The van der Waals surface area contributed by atoms with E-state index in [1.807, 2.05) is 6.07 Å². The van der Waals surface area contributed by atoms with Crippen LogP contribution in [0.25, 0.3) is 0 Å². The molecule has 0 aliphatic heterocycles. The van der Waals surface area contributed by atoms with E-state index in [1.165, 1.54) is 35.2 Å². The molecule has 0 saturated heterocycles. The van der Waals surface area contributed by atoms with E-state index in [1.54, 1.807) is 0 Å². The van der Waals surface area contributed by atoms with Crippen LogP contribution in [0, 0.1) is 34.6 Å². The molecule has 3 heteroatoms. The van der Waals surface area contributed by atoms with Gasteiger partial charge in [-0.15, -0.1) is 0 Å². The van der Waals surface area contributed by atoms with E-state index in [2.05, 4.69) is 56.6 Å². The van der Waals surface area contributed by atoms with Gasteiger partial charge in [-0.1, -0.05) is 17.7 Å². The molecule has 0 unspecified atom stereocenters. The van der Waals surface area contributed by atoms with E-state index in [4.69, 9.17) is 0 Å². The van der Waals surface area contributed by atoms with Crippen molar-refractivity contribution in [3.8, 4) is 0 Å². The summed E-state index contributed by atoms with van der Waals surface area (Å²) in [5.74, 6) is 0.171. The van der Waals surface area contributed by atoms with Crippen LogP contribution in [-0.4, -0.2) is 16.9 Å². The fourth-order valence-electron chi connectivity index (χ4n) is 3.68. The highest BCUT2D eigenvalue weighted by Crippen LogP contribution is 2.38. The molecule has 0 radical (unpaired) electrons. The standard InChI is InChI=1S/C20H26N2O/c1-12-8-13(2)20(14(3)9-12)21-11-19(23)18-10-15(4)22(16(18)5)17-6-7-17/h8-10,17,21H,6-7,11H2,1-5H3. The number of nitrogens with zero attached hydrogens (tertiary/aromatic N) is 1. The Kier molecular flexibility index (Phi) is 4.05. The van der Waals surface area contributed by atoms with Gasteiger partial charge in [-0.05, 0) is 64.7 Å². The lowest BCUT2D eigenvalue weighted by atomic mass is 10.0. The molecule has 1 aromatic carbocycles. The zero-order valence-corrected chi connectivity index (χ0v) is 14.8. The molecule has 1 aromatic heterocycles. The summed E-state index contributed by atoms with van der Waals surface area (Å²) in [7, 11) is 0. The van der Waals surface area contributed by atoms with Crippen LogP contribution in [0.4, 0.5) is 5.69 Å². The predicted octanol–water partition coefficient (Wildman–Crippen LogP) is 4.66. The van der Waals surface area contributed by atoms with E-state index in [-0.39, 0.29) is 5.78 Å². The first-order chi connectivity index (χ1) is 10.9. The van der Waals surface area contributed by atoms with Crippen molar-refractivity contribution in [3.05, 3.63) is 51.8 Å². The Morgan fingerprint density at radius 1 is 1.09 bits per heavy atom. The number of aromatic nitrogens is 1. The maximum atomic E-state index is 12.7. The van der Waals surface area contributed by atoms with Crippen LogP contribution in [0.2, 0.25) is 0 Å². The maximum Gasteiger partial charge on any atom is 0.183 e. The molecule has 122 valence electrons. The van der Waals surface area contributed by atoms with Crippen LogP contribution in [-0.2, 0) is 0 Å². The second kappa shape index (κ2) is 5.88. The molecule has 1 aliphatic carbocycles. The number of carbonyl (C=O) groups is 1. The van der Waals surface area contributed by atoms with Crippen molar-refractivity contribution >= 4 is 11.5 Å². The van der Waals surface area contributed by atoms with Gasteiger partial charge in [-0.2, -0.15) is 0 Å². The minimum Gasteiger partial charge on any atom is -0.377 e. The van der Waals surface area contributed by atoms with Crippen molar-refractivity contribution in [3.63, 3.8) is 0 Å². The smallest absolute Gasteiger partial charge is 0.183 e. The molecule has 1 aliphatic rings. The topological polar surface area (TPSA) is 34.0 Å². The number of rotatable bonds is 5. The van der Waals surface area contributed by atoms with Crippen LogP contribution >= 0.6 is 0 Å². The van der Waals surface area contributed by atoms with Gasteiger partial charge < -0.3 is 9.88 Å². The minimum absolute atomic E-state index is 0.171. The van der Waals surface area contributed by atoms with Crippen molar-refractivity contribution in [2.24, 2.45) is 0 Å². The average Bonchev–Trinajstić information content (AvgIpc) is 3.23. The maximum absolute atomic E-state index is 12.7. The van der Waals surface area contributed by atoms with Crippen LogP contribution in [0.5, 0.6) is 0 Å². The van der Waals surface area contributed by atoms with Crippen LogP contribution < -0.4 is 5.32 Å². The van der Waals surface area contributed by atoms with Crippen molar-refractivity contribution in [2.75, 3.05) is 11.9 Å². The van der Waals surface area contributed by atoms with Crippen molar-refractivity contribution < 1.29 is 4.79 Å². The number of anilines is 1. The number of Topliss-reactive ketones (excluding diaryl/α,β-unsaturated/α-hetero) is 1. The fraction of sp³-hybridized carbons (Fsp3) is 0.450.